The van der Waals surface area contributed by atoms with Crippen LogP contribution in [-0.2, 0) is 0 Å². The number of carboxylic acid groups (broad SMARTS) is 1. The van der Waals surface area contributed by atoms with Gasteiger partial charge in [0.05, 0.1) is 0 Å². The summed E-state index contributed by atoms with van der Waals surface area (Å²) in [5.74, 6) is -1.03. The summed E-state index contributed by atoms with van der Waals surface area (Å²) >= 11 is 1.44. The Bertz CT molecular complexity index is 754. The molecule has 5 heteroatoms. The van der Waals surface area contributed by atoms with E-state index >= 15 is 0 Å². The van der Waals surface area contributed by atoms with E-state index in [0.717, 1.165) is 10.6 Å². The van der Waals surface area contributed by atoms with Gasteiger partial charge in [0.1, 0.15) is 0 Å². The third-order valence-corrected chi connectivity index (χ3v) is 3.86. The van der Waals surface area contributed by atoms with E-state index < -0.39 is 5.97 Å². The number of aromatic carboxylic acids is 1. The summed E-state index contributed by atoms with van der Waals surface area (Å²) in [6, 6.07) is 19.3. The molecule has 104 valence electrons. The van der Waals surface area contributed by atoms with Crippen LogP contribution in [0.15, 0.2) is 76.9 Å². The van der Waals surface area contributed by atoms with Crippen LogP contribution in [0.5, 0.6) is 0 Å². The standard InChI is InChI=1S/C16H12N2O2S/c19-15(20)14-11-18(12-7-3-1-4-8-12)16(17-14)21-13-9-5-2-6-10-13/h1-11H,(H,19,20). The maximum absolute atomic E-state index is 11.2. The van der Waals surface area contributed by atoms with Crippen molar-refractivity contribution in [2.75, 3.05) is 0 Å². The molecule has 0 fully saturated rings. The molecule has 0 radical (unpaired) electrons. The van der Waals surface area contributed by atoms with Gasteiger partial charge in [0, 0.05) is 16.8 Å². The molecule has 3 rings (SSSR count). The van der Waals surface area contributed by atoms with Gasteiger partial charge in [0.25, 0.3) is 0 Å². The Morgan fingerprint density at radius 2 is 1.62 bits per heavy atom. The molecule has 0 aliphatic rings. The van der Waals surface area contributed by atoms with Crippen molar-refractivity contribution in [3.8, 4) is 5.69 Å². The van der Waals surface area contributed by atoms with Crippen molar-refractivity contribution in [2.24, 2.45) is 0 Å². The molecule has 0 saturated heterocycles. The van der Waals surface area contributed by atoms with Crippen LogP contribution >= 0.6 is 11.8 Å². The molecule has 0 atom stereocenters. The van der Waals surface area contributed by atoms with Crippen molar-refractivity contribution >= 4 is 17.7 Å². The molecule has 1 N–H and O–H groups in total. The summed E-state index contributed by atoms with van der Waals surface area (Å²) in [7, 11) is 0. The first-order valence-electron chi connectivity index (χ1n) is 6.35. The lowest BCUT2D eigenvalue weighted by Crippen LogP contribution is -1.95. The van der Waals surface area contributed by atoms with Gasteiger partial charge in [-0.05, 0) is 24.3 Å². The van der Waals surface area contributed by atoms with Gasteiger partial charge in [-0.2, -0.15) is 0 Å². The van der Waals surface area contributed by atoms with Crippen LogP contribution in [0.2, 0.25) is 0 Å². The van der Waals surface area contributed by atoms with Crippen molar-refractivity contribution in [1.29, 1.82) is 0 Å². The van der Waals surface area contributed by atoms with E-state index in [-0.39, 0.29) is 5.69 Å². The number of aromatic nitrogens is 2. The van der Waals surface area contributed by atoms with Crippen LogP contribution in [0.3, 0.4) is 0 Å². The lowest BCUT2D eigenvalue weighted by molar-refractivity contribution is 0.0690. The number of hydrogen-bond donors (Lipinski definition) is 1. The van der Waals surface area contributed by atoms with E-state index in [0.29, 0.717) is 5.16 Å². The highest BCUT2D eigenvalue weighted by molar-refractivity contribution is 7.99. The smallest absolute Gasteiger partial charge is 0.356 e. The molecule has 4 nitrogen and oxygen atoms in total. The average Bonchev–Trinajstić information content (AvgIpc) is 2.93. The Hall–Kier alpha value is -2.53. The summed E-state index contributed by atoms with van der Waals surface area (Å²) in [5.41, 5.74) is 0.924. The van der Waals surface area contributed by atoms with Crippen LogP contribution in [0.4, 0.5) is 0 Å². The van der Waals surface area contributed by atoms with Crippen molar-refractivity contribution in [3.63, 3.8) is 0 Å². The molecule has 0 unspecified atom stereocenters. The summed E-state index contributed by atoms with van der Waals surface area (Å²) < 4.78 is 1.79. The molecule has 0 saturated carbocycles. The second-order valence-corrected chi connectivity index (χ2v) is 5.38. The van der Waals surface area contributed by atoms with E-state index in [9.17, 15) is 4.79 Å². The van der Waals surface area contributed by atoms with Gasteiger partial charge in [0.2, 0.25) is 0 Å². The predicted molar refractivity (Wildman–Crippen MR) is 81.1 cm³/mol. The predicted octanol–water partition coefficient (Wildman–Crippen LogP) is 3.72. The first-order chi connectivity index (χ1) is 10.2. The Morgan fingerprint density at radius 3 is 2.24 bits per heavy atom. The number of benzene rings is 2. The number of hydrogen-bond acceptors (Lipinski definition) is 3. The topological polar surface area (TPSA) is 55.1 Å². The van der Waals surface area contributed by atoms with E-state index in [1.165, 1.54) is 11.8 Å². The lowest BCUT2D eigenvalue weighted by atomic mass is 10.3. The zero-order chi connectivity index (χ0) is 14.7. The third kappa shape index (κ3) is 2.98. The molecule has 1 heterocycles. The largest absolute Gasteiger partial charge is 0.476 e. The van der Waals surface area contributed by atoms with Crippen LogP contribution in [-0.4, -0.2) is 20.6 Å². The van der Waals surface area contributed by atoms with Gasteiger partial charge < -0.3 is 5.11 Å². The zero-order valence-electron chi connectivity index (χ0n) is 11.0. The highest BCUT2D eigenvalue weighted by Crippen LogP contribution is 2.29. The van der Waals surface area contributed by atoms with Crippen molar-refractivity contribution in [1.82, 2.24) is 9.55 Å². The maximum Gasteiger partial charge on any atom is 0.356 e. The molecule has 0 spiro atoms. The highest BCUT2D eigenvalue weighted by Gasteiger charge is 2.15. The van der Waals surface area contributed by atoms with E-state index in [4.69, 9.17) is 5.11 Å². The van der Waals surface area contributed by atoms with E-state index in [1.807, 2.05) is 60.7 Å². The Balaban J connectivity index is 2.04. The van der Waals surface area contributed by atoms with Crippen LogP contribution in [0.25, 0.3) is 5.69 Å². The van der Waals surface area contributed by atoms with Crippen LogP contribution in [0, 0.1) is 0 Å². The number of nitrogens with zero attached hydrogens (tertiary/aromatic N) is 2. The van der Waals surface area contributed by atoms with Gasteiger partial charge >= 0.3 is 5.97 Å². The molecular formula is C16H12N2O2S. The first-order valence-corrected chi connectivity index (χ1v) is 7.17. The Kier molecular flexibility index (Phi) is 3.75. The minimum atomic E-state index is -1.03. The second-order valence-electron chi connectivity index (χ2n) is 4.33. The molecule has 1 aromatic heterocycles. The molecule has 0 aliphatic heterocycles. The fourth-order valence-corrected chi connectivity index (χ4v) is 2.81. The molecule has 3 aromatic rings. The van der Waals surface area contributed by atoms with Gasteiger partial charge in [-0.25, -0.2) is 9.78 Å². The zero-order valence-corrected chi connectivity index (χ0v) is 11.8. The van der Waals surface area contributed by atoms with E-state index in [1.54, 1.807) is 10.8 Å². The SMILES string of the molecule is O=C(O)c1cn(-c2ccccc2)c(Sc2ccccc2)n1. The minimum absolute atomic E-state index is 0.0392. The minimum Gasteiger partial charge on any atom is -0.476 e. The number of rotatable bonds is 4. The maximum atomic E-state index is 11.2. The quantitative estimate of drug-likeness (QED) is 0.797. The molecule has 0 amide bonds. The van der Waals surface area contributed by atoms with Gasteiger partial charge in [-0.1, -0.05) is 48.2 Å². The first kappa shape index (κ1) is 13.5. The number of imidazole rings is 1. The third-order valence-electron chi connectivity index (χ3n) is 2.88. The molecular weight excluding hydrogens is 284 g/mol. The van der Waals surface area contributed by atoms with Gasteiger partial charge in [-0.15, -0.1) is 0 Å². The Labute approximate surface area is 126 Å². The number of para-hydroxylation sites is 1. The normalized spacial score (nSPS) is 10.5. The van der Waals surface area contributed by atoms with Crippen LogP contribution in [0.1, 0.15) is 10.5 Å². The summed E-state index contributed by atoms with van der Waals surface area (Å²) in [4.78, 5) is 16.4. The fraction of sp³-hybridized carbons (Fsp3) is 0. The number of carbonyl (C=O) groups is 1. The Morgan fingerprint density at radius 1 is 1.00 bits per heavy atom. The van der Waals surface area contributed by atoms with Gasteiger partial charge in [-0.3, -0.25) is 4.57 Å². The molecule has 0 bridgehead atoms. The van der Waals surface area contributed by atoms with E-state index in [2.05, 4.69) is 4.98 Å². The molecule has 2 aromatic carbocycles. The average molecular weight is 296 g/mol. The summed E-state index contributed by atoms with van der Waals surface area (Å²) in [6.45, 7) is 0. The lowest BCUT2D eigenvalue weighted by Gasteiger charge is -2.06. The fourth-order valence-electron chi connectivity index (χ4n) is 1.91. The van der Waals surface area contributed by atoms with Gasteiger partial charge in [0.15, 0.2) is 10.9 Å². The number of carboxylic acids is 1. The van der Waals surface area contributed by atoms with Crippen molar-refractivity contribution < 1.29 is 9.90 Å². The van der Waals surface area contributed by atoms with Crippen molar-refractivity contribution in [2.45, 2.75) is 10.1 Å². The summed E-state index contributed by atoms with van der Waals surface area (Å²) in [5, 5.41) is 9.78. The molecule has 0 aliphatic carbocycles. The molecule has 21 heavy (non-hydrogen) atoms. The summed E-state index contributed by atoms with van der Waals surface area (Å²) in [6.07, 6.45) is 1.54. The monoisotopic (exact) mass is 296 g/mol. The van der Waals surface area contributed by atoms with Crippen LogP contribution < -0.4 is 0 Å². The highest BCUT2D eigenvalue weighted by atomic mass is 32.2. The second kappa shape index (κ2) is 5.85. The van der Waals surface area contributed by atoms with Crippen molar-refractivity contribution in [3.05, 3.63) is 72.6 Å².